The largest absolute Gasteiger partial charge is 0.507 e. The number of primary sulfonamides is 1. The SMILES string of the molecule is Cc1cc(S(N)(=O)=O)ccc1-c1cccc(CN2CCOC[C@@H]2C(=O)N[C@@H](C)c2ccc(C(=O)O)c(O)c2)c1. The molecule has 10 nitrogen and oxygen atoms in total. The first-order valence-corrected chi connectivity index (χ1v) is 13.9. The Morgan fingerprint density at radius 3 is 2.59 bits per heavy atom. The zero-order valence-electron chi connectivity index (χ0n) is 21.6. The molecular formula is C28H31N3O7S. The molecule has 0 aliphatic carbocycles. The van der Waals surface area contributed by atoms with Crippen molar-refractivity contribution in [3.05, 3.63) is 82.9 Å². The van der Waals surface area contributed by atoms with Gasteiger partial charge in [0.25, 0.3) is 0 Å². The molecule has 3 aromatic rings. The first-order valence-electron chi connectivity index (χ1n) is 12.3. The molecule has 206 valence electrons. The van der Waals surface area contributed by atoms with Crippen LogP contribution in [0.2, 0.25) is 0 Å². The van der Waals surface area contributed by atoms with E-state index in [4.69, 9.17) is 15.0 Å². The summed E-state index contributed by atoms with van der Waals surface area (Å²) >= 11 is 0. The van der Waals surface area contributed by atoms with Crippen molar-refractivity contribution < 1.29 is 33.0 Å². The number of amides is 1. The molecule has 0 aromatic heterocycles. The van der Waals surface area contributed by atoms with Crippen LogP contribution < -0.4 is 10.5 Å². The molecule has 1 heterocycles. The standard InChI is InChI=1S/C28H31N3O7S/c1-17-12-22(39(29,36)37)7-9-23(17)21-5-3-4-19(13-21)15-31-10-11-38-16-25(31)27(33)30-18(2)20-6-8-24(28(34)35)26(32)14-20/h3-9,12-14,18,25,32H,10-11,15-16H2,1-2H3,(H,30,33)(H,34,35)(H2,29,36,37)/t18-,25+/m0/s1. The van der Waals surface area contributed by atoms with Crippen molar-refractivity contribution in [2.24, 2.45) is 5.14 Å². The summed E-state index contributed by atoms with van der Waals surface area (Å²) in [7, 11) is -3.79. The van der Waals surface area contributed by atoms with Gasteiger partial charge >= 0.3 is 5.97 Å². The number of carbonyl (C=O) groups is 2. The van der Waals surface area contributed by atoms with E-state index in [9.17, 15) is 23.1 Å². The highest BCUT2D eigenvalue weighted by molar-refractivity contribution is 7.89. The zero-order valence-corrected chi connectivity index (χ0v) is 22.4. The number of nitrogens with two attached hydrogens (primary N) is 1. The second kappa shape index (κ2) is 11.5. The van der Waals surface area contributed by atoms with Gasteiger partial charge < -0.3 is 20.3 Å². The van der Waals surface area contributed by atoms with E-state index >= 15 is 0 Å². The lowest BCUT2D eigenvalue weighted by atomic mass is 9.98. The molecule has 1 fully saturated rings. The van der Waals surface area contributed by atoms with Crippen LogP contribution in [0, 0.1) is 6.92 Å². The molecule has 0 radical (unpaired) electrons. The number of rotatable bonds is 8. The van der Waals surface area contributed by atoms with Crippen LogP contribution in [-0.2, 0) is 26.1 Å². The number of aromatic carboxylic acids is 1. The maximum absolute atomic E-state index is 13.2. The maximum Gasteiger partial charge on any atom is 0.339 e. The van der Waals surface area contributed by atoms with E-state index < -0.39 is 28.1 Å². The van der Waals surface area contributed by atoms with Crippen LogP contribution in [-0.4, -0.2) is 61.2 Å². The Kier molecular flexibility index (Phi) is 8.36. The lowest BCUT2D eigenvalue weighted by molar-refractivity contribution is -0.133. The third-order valence-electron chi connectivity index (χ3n) is 6.80. The minimum absolute atomic E-state index is 0.0596. The van der Waals surface area contributed by atoms with Crippen molar-refractivity contribution in [1.82, 2.24) is 10.2 Å². The van der Waals surface area contributed by atoms with Gasteiger partial charge in [-0.25, -0.2) is 18.4 Å². The number of morpholine rings is 1. The minimum atomic E-state index is -3.79. The summed E-state index contributed by atoms with van der Waals surface area (Å²) in [6, 6.07) is 15.8. The molecule has 0 bridgehead atoms. The molecule has 0 spiro atoms. The Labute approximate surface area is 227 Å². The quantitative estimate of drug-likeness (QED) is 0.331. The number of hydrogen-bond donors (Lipinski definition) is 4. The van der Waals surface area contributed by atoms with Crippen molar-refractivity contribution in [3.63, 3.8) is 0 Å². The van der Waals surface area contributed by atoms with E-state index in [1.165, 1.54) is 18.2 Å². The molecule has 1 aliphatic rings. The van der Waals surface area contributed by atoms with Crippen LogP contribution in [0.25, 0.3) is 11.1 Å². The van der Waals surface area contributed by atoms with Crippen LogP contribution in [0.3, 0.4) is 0 Å². The Morgan fingerprint density at radius 2 is 1.92 bits per heavy atom. The molecule has 5 N–H and O–H groups in total. The summed E-state index contributed by atoms with van der Waals surface area (Å²) in [4.78, 5) is 26.5. The summed E-state index contributed by atoms with van der Waals surface area (Å²) in [5.74, 6) is -1.83. The van der Waals surface area contributed by atoms with Crippen LogP contribution in [0.1, 0.15) is 40.0 Å². The van der Waals surface area contributed by atoms with Crippen molar-refractivity contribution in [2.75, 3.05) is 19.8 Å². The number of aromatic hydroxyl groups is 1. The van der Waals surface area contributed by atoms with Gasteiger partial charge in [-0.3, -0.25) is 9.69 Å². The topological polar surface area (TPSA) is 159 Å². The number of sulfonamides is 1. The molecule has 2 atom stereocenters. The number of nitrogens with zero attached hydrogens (tertiary/aromatic N) is 1. The fourth-order valence-electron chi connectivity index (χ4n) is 4.67. The molecule has 0 unspecified atom stereocenters. The Hall–Kier alpha value is -3.77. The average molecular weight is 554 g/mol. The number of nitrogens with one attached hydrogen (secondary N) is 1. The zero-order chi connectivity index (χ0) is 28.3. The number of phenols is 1. The van der Waals surface area contributed by atoms with Gasteiger partial charge in [-0.05, 0) is 72.0 Å². The van der Waals surface area contributed by atoms with Crippen LogP contribution >= 0.6 is 0 Å². The number of carbonyl (C=O) groups excluding carboxylic acids is 1. The van der Waals surface area contributed by atoms with E-state index in [-0.39, 0.29) is 28.7 Å². The summed E-state index contributed by atoms with van der Waals surface area (Å²) in [6.07, 6.45) is 0. The Balaban J connectivity index is 1.49. The smallest absolute Gasteiger partial charge is 0.339 e. The average Bonchev–Trinajstić information content (AvgIpc) is 2.88. The fraction of sp³-hybridized carbons (Fsp3) is 0.286. The number of aryl methyl sites for hydroxylation is 1. The molecule has 4 rings (SSSR count). The van der Waals surface area contributed by atoms with E-state index in [1.54, 1.807) is 25.1 Å². The van der Waals surface area contributed by atoms with Gasteiger partial charge in [0.05, 0.1) is 24.2 Å². The molecule has 1 aliphatic heterocycles. The normalized spacial score (nSPS) is 16.9. The van der Waals surface area contributed by atoms with Crippen LogP contribution in [0.15, 0.2) is 65.6 Å². The van der Waals surface area contributed by atoms with Gasteiger partial charge in [0.1, 0.15) is 17.4 Å². The number of hydrogen-bond acceptors (Lipinski definition) is 7. The second-order valence-electron chi connectivity index (χ2n) is 9.60. The molecule has 0 saturated carbocycles. The fourth-order valence-corrected chi connectivity index (χ4v) is 5.27. The summed E-state index contributed by atoms with van der Waals surface area (Å²) < 4.78 is 29.0. The molecule has 1 saturated heterocycles. The maximum atomic E-state index is 13.2. The highest BCUT2D eigenvalue weighted by atomic mass is 32.2. The first-order chi connectivity index (χ1) is 18.4. The van der Waals surface area contributed by atoms with E-state index in [0.29, 0.717) is 25.3 Å². The summed E-state index contributed by atoms with van der Waals surface area (Å²) in [5, 5.41) is 27.3. The van der Waals surface area contributed by atoms with Crippen molar-refractivity contribution in [1.29, 1.82) is 0 Å². The van der Waals surface area contributed by atoms with Gasteiger partial charge in [0.2, 0.25) is 15.9 Å². The first kappa shape index (κ1) is 28.2. The highest BCUT2D eigenvalue weighted by Crippen LogP contribution is 2.27. The number of ether oxygens (including phenoxy) is 1. The van der Waals surface area contributed by atoms with Crippen molar-refractivity contribution in [3.8, 4) is 16.9 Å². The molecule has 39 heavy (non-hydrogen) atoms. The van der Waals surface area contributed by atoms with Crippen molar-refractivity contribution >= 4 is 21.9 Å². The van der Waals surface area contributed by atoms with Crippen molar-refractivity contribution in [2.45, 2.75) is 37.4 Å². The van der Waals surface area contributed by atoms with Gasteiger partial charge in [-0.15, -0.1) is 0 Å². The third kappa shape index (κ3) is 6.63. The summed E-state index contributed by atoms with van der Waals surface area (Å²) in [5.41, 5.74) is 3.92. The van der Waals surface area contributed by atoms with Gasteiger partial charge in [0.15, 0.2) is 0 Å². The predicted octanol–water partition coefficient (Wildman–Crippen LogP) is 2.79. The molecular weight excluding hydrogens is 522 g/mol. The third-order valence-corrected chi connectivity index (χ3v) is 7.71. The Bertz CT molecular complexity index is 1510. The van der Waals surface area contributed by atoms with Gasteiger partial charge in [-0.2, -0.15) is 0 Å². The molecule has 3 aromatic carbocycles. The van der Waals surface area contributed by atoms with Crippen LogP contribution in [0.5, 0.6) is 5.75 Å². The summed E-state index contributed by atoms with van der Waals surface area (Å²) in [6.45, 7) is 5.33. The molecule has 1 amide bonds. The number of benzene rings is 3. The minimum Gasteiger partial charge on any atom is -0.507 e. The molecule has 11 heteroatoms. The van der Waals surface area contributed by atoms with Gasteiger partial charge in [0, 0.05) is 13.1 Å². The van der Waals surface area contributed by atoms with E-state index in [2.05, 4.69) is 5.32 Å². The lowest BCUT2D eigenvalue weighted by Crippen LogP contribution is -2.53. The number of carboxylic acids is 1. The van der Waals surface area contributed by atoms with E-state index in [1.807, 2.05) is 36.1 Å². The number of carboxylic acid groups (broad SMARTS) is 1. The van der Waals surface area contributed by atoms with E-state index in [0.717, 1.165) is 22.3 Å². The Morgan fingerprint density at radius 1 is 1.15 bits per heavy atom. The van der Waals surface area contributed by atoms with Crippen LogP contribution in [0.4, 0.5) is 0 Å². The monoisotopic (exact) mass is 553 g/mol. The second-order valence-corrected chi connectivity index (χ2v) is 11.2. The lowest BCUT2D eigenvalue weighted by Gasteiger charge is -2.35. The van der Waals surface area contributed by atoms with Gasteiger partial charge in [-0.1, -0.05) is 30.3 Å². The predicted molar refractivity (Wildman–Crippen MR) is 145 cm³/mol. The highest BCUT2D eigenvalue weighted by Gasteiger charge is 2.30.